The average Bonchev–Trinajstić information content (AvgIpc) is 3.49. The van der Waals surface area contributed by atoms with Crippen molar-refractivity contribution in [2.45, 2.75) is 33.9 Å². The lowest BCUT2D eigenvalue weighted by Crippen LogP contribution is -2.15. The molecule has 11 heteroatoms. The van der Waals surface area contributed by atoms with Crippen molar-refractivity contribution in [3.8, 4) is 11.3 Å². The van der Waals surface area contributed by atoms with Gasteiger partial charge in [-0.1, -0.05) is 0 Å². The van der Waals surface area contributed by atoms with Crippen LogP contribution in [0, 0.1) is 6.92 Å². The van der Waals surface area contributed by atoms with E-state index < -0.39 is 11.9 Å². The number of carbonyl (C=O) groups is 2. The van der Waals surface area contributed by atoms with Gasteiger partial charge in [0.2, 0.25) is 0 Å². The summed E-state index contributed by atoms with van der Waals surface area (Å²) < 4.78 is 9.79. The molecule has 0 saturated heterocycles. The summed E-state index contributed by atoms with van der Waals surface area (Å²) >= 11 is 0. The van der Waals surface area contributed by atoms with E-state index in [4.69, 9.17) is 4.74 Å². The Labute approximate surface area is 177 Å². The summed E-state index contributed by atoms with van der Waals surface area (Å²) in [5.41, 5.74) is 3.62. The Morgan fingerprint density at radius 2 is 2.00 bits per heavy atom. The number of hydrogen-bond donors (Lipinski definition) is 1. The summed E-state index contributed by atoms with van der Waals surface area (Å²) in [6.07, 6.45) is 5.01. The first-order valence-corrected chi connectivity index (χ1v) is 9.81. The van der Waals surface area contributed by atoms with Crippen LogP contribution < -0.4 is 5.32 Å². The minimum absolute atomic E-state index is 0.0304. The molecule has 0 aliphatic rings. The number of aryl methyl sites for hydroxylation is 2. The van der Waals surface area contributed by atoms with E-state index in [1.165, 1.54) is 7.11 Å². The van der Waals surface area contributed by atoms with Gasteiger partial charge in [-0.2, -0.15) is 15.3 Å². The summed E-state index contributed by atoms with van der Waals surface area (Å²) in [4.78, 5) is 29.2. The van der Waals surface area contributed by atoms with Gasteiger partial charge in [0.1, 0.15) is 0 Å². The molecule has 0 bridgehead atoms. The summed E-state index contributed by atoms with van der Waals surface area (Å²) in [7, 11) is 1.26. The fraction of sp³-hybridized carbons (Fsp3) is 0.300. The van der Waals surface area contributed by atoms with Crippen molar-refractivity contribution in [2.24, 2.45) is 0 Å². The van der Waals surface area contributed by atoms with Crippen LogP contribution in [-0.2, 0) is 17.8 Å². The number of anilines is 1. The maximum absolute atomic E-state index is 12.9. The molecule has 160 valence electrons. The van der Waals surface area contributed by atoms with Crippen LogP contribution in [0.1, 0.15) is 40.5 Å². The summed E-state index contributed by atoms with van der Waals surface area (Å²) in [6.45, 7) is 7.16. The second-order valence-corrected chi connectivity index (χ2v) is 6.78. The summed E-state index contributed by atoms with van der Waals surface area (Å²) in [6, 6.07) is 3.41. The summed E-state index contributed by atoms with van der Waals surface area (Å²) in [5, 5.41) is 15.7. The lowest BCUT2D eigenvalue weighted by Gasteiger charge is -2.05. The largest absolute Gasteiger partial charge is 0.464 e. The fourth-order valence-corrected chi connectivity index (χ4v) is 3.34. The molecule has 31 heavy (non-hydrogen) atoms. The molecule has 4 aromatic rings. The topological polar surface area (TPSA) is 121 Å². The second-order valence-electron chi connectivity index (χ2n) is 6.78. The highest BCUT2D eigenvalue weighted by Crippen LogP contribution is 2.24. The lowest BCUT2D eigenvalue weighted by molar-refractivity contribution is 0.0594. The summed E-state index contributed by atoms with van der Waals surface area (Å²) in [5.74, 6) is -1.12. The Morgan fingerprint density at radius 1 is 1.19 bits per heavy atom. The number of fused-ring (bicyclic) bond motifs is 1. The predicted octanol–water partition coefficient (Wildman–Crippen LogP) is 2.18. The minimum Gasteiger partial charge on any atom is -0.464 e. The molecule has 0 aliphatic heterocycles. The molecule has 0 unspecified atom stereocenters. The number of aromatic nitrogens is 7. The second kappa shape index (κ2) is 8.01. The molecule has 0 saturated carbocycles. The van der Waals surface area contributed by atoms with Crippen LogP contribution in [0.2, 0.25) is 0 Å². The van der Waals surface area contributed by atoms with E-state index in [0.717, 1.165) is 23.5 Å². The molecule has 0 radical (unpaired) electrons. The lowest BCUT2D eigenvalue weighted by atomic mass is 10.2. The molecule has 0 fully saturated rings. The van der Waals surface area contributed by atoms with Crippen LogP contribution in [0.3, 0.4) is 0 Å². The third kappa shape index (κ3) is 3.54. The van der Waals surface area contributed by atoms with Gasteiger partial charge >= 0.3 is 5.97 Å². The van der Waals surface area contributed by atoms with E-state index >= 15 is 0 Å². The number of amides is 1. The van der Waals surface area contributed by atoms with Gasteiger partial charge < -0.3 is 10.1 Å². The van der Waals surface area contributed by atoms with E-state index in [0.29, 0.717) is 12.2 Å². The molecule has 0 spiro atoms. The zero-order valence-electron chi connectivity index (χ0n) is 17.7. The molecular formula is C20H22N8O3. The van der Waals surface area contributed by atoms with E-state index in [2.05, 4.69) is 25.6 Å². The van der Waals surface area contributed by atoms with Crippen molar-refractivity contribution in [1.82, 2.24) is 34.2 Å². The predicted molar refractivity (Wildman–Crippen MR) is 112 cm³/mol. The Hall–Kier alpha value is -4.02. The highest BCUT2D eigenvalue weighted by atomic mass is 16.5. The SMILES string of the molecule is CCn1cc(NC(=O)c2cc3nccc(-c4cnn(CC)c4C)n3n2)c(C(=O)OC)n1. The van der Waals surface area contributed by atoms with Crippen molar-refractivity contribution in [1.29, 1.82) is 0 Å². The average molecular weight is 422 g/mol. The van der Waals surface area contributed by atoms with Crippen molar-refractivity contribution in [3.63, 3.8) is 0 Å². The Morgan fingerprint density at radius 3 is 2.68 bits per heavy atom. The Bertz CT molecular complexity index is 1280. The Balaban J connectivity index is 1.70. The first-order valence-electron chi connectivity index (χ1n) is 9.81. The normalized spacial score (nSPS) is 11.1. The van der Waals surface area contributed by atoms with Gasteiger partial charge in [0.25, 0.3) is 5.91 Å². The number of hydrogen-bond acceptors (Lipinski definition) is 7. The van der Waals surface area contributed by atoms with Gasteiger partial charge in [-0.15, -0.1) is 0 Å². The van der Waals surface area contributed by atoms with Crippen molar-refractivity contribution < 1.29 is 14.3 Å². The third-order valence-electron chi connectivity index (χ3n) is 4.98. The zero-order valence-corrected chi connectivity index (χ0v) is 17.7. The fourth-order valence-electron chi connectivity index (χ4n) is 3.34. The number of ether oxygens (including phenoxy) is 1. The molecule has 4 rings (SSSR count). The van der Waals surface area contributed by atoms with Crippen LogP contribution in [-0.4, -0.2) is 53.1 Å². The van der Waals surface area contributed by atoms with Crippen molar-refractivity contribution in [2.75, 3.05) is 12.4 Å². The van der Waals surface area contributed by atoms with E-state index in [1.807, 2.05) is 31.5 Å². The molecule has 0 atom stereocenters. The number of rotatable bonds is 6. The number of nitrogens with one attached hydrogen (secondary N) is 1. The number of esters is 1. The zero-order chi connectivity index (χ0) is 22.1. The van der Waals surface area contributed by atoms with Crippen LogP contribution in [0.25, 0.3) is 16.9 Å². The molecule has 0 aliphatic carbocycles. The monoisotopic (exact) mass is 422 g/mol. The molecule has 1 N–H and O–H groups in total. The van der Waals surface area contributed by atoms with E-state index in [1.54, 1.807) is 33.9 Å². The van der Waals surface area contributed by atoms with Crippen LogP contribution in [0.5, 0.6) is 0 Å². The highest BCUT2D eigenvalue weighted by molar-refractivity contribution is 6.06. The van der Waals surface area contributed by atoms with Gasteiger partial charge in [-0.25, -0.2) is 14.3 Å². The number of carbonyl (C=O) groups excluding carboxylic acids is 2. The van der Waals surface area contributed by atoms with Gasteiger partial charge in [0, 0.05) is 42.8 Å². The smallest absolute Gasteiger partial charge is 0.360 e. The Kier molecular flexibility index (Phi) is 5.24. The number of nitrogens with zero attached hydrogens (tertiary/aromatic N) is 7. The maximum Gasteiger partial charge on any atom is 0.360 e. The first-order chi connectivity index (χ1) is 15.0. The van der Waals surface area contributed by atoms with Crippen LogP contribution in [0.4, 0.5) is 5.69 Å². The van der Waals surface area contributed by atoms with Gasteiger partial charge in [-0.05, 0) is 26.8 Å². The van der Waals surface area contributed by atoms with E-state index in [9.17, 15) is 9.59 Å². The number of methoxy groups -OCH3 is 1. The molecule has 1 amide bonds. The molecule has 4 aromatic heterocycles. The quantitative estimate of drug-likeness (QED) is 0.473. The van der Waals surface area contributed by atoms with Crippen LogP contribution in [0.15, 0.2) is 30.7 Å². The standard InChI is InChI=1S/C20H22N8O3/c1-5-26-11-15(18(25-26)20(30)31-4)23-19(29)14-9-17-21-8-7-16(28(17)24-14)13-10-22-27(6-2)12(13)3/h7-11H,5-6H2,1-4H3,(H,23,29). The highest BCUT2D eigenvalue weighted by Gasteiger charge is 2.22. The first kappa shape index (κ1) is 20.3. The van der Waals surface area contributed by atoms with Gasteiger partial charge in [0.05, 0.1) is 24.7 Å². The van der Waals surface area contributed by atoms with Gasteiger partial charge in [-0.3, -0.25) is 14.2 Å². The van der Waals surface area contributed by atoms with Gasteiger partial charge in [0.15, 0.2) is 17.0 Å². The molecule has 4 heterocycles. The van der Waals surface area contributed by atoms with Crippen LogP contribution >= 0.6 is 0 Å². The molecular weight excluding hydrogens is 400 g/mol. The van der Waals surface area contributed by atoms with E-state index in [-0.39, 0.29) is 17.1 Å². The molecule has 0 aromatic carbocycles. The molecule has 11 nitrogen and oxygen atoms in total. The maximum atomic E-state index is 12.9. The van der Waals surface area contributed by atoms with Crippen molar-refractivity contribution in [3.05, 3.63) is 47.8 Å². The minimum atomic E-state index is -0.634. The van der Waals surface area contributed by atoms with Crippen molar-refractivity contribution >= 4 is 23.2 Å². The third-order valence-corrected chi connectivity index (χ3v) is 4.98.